The van der Waals surface area contributed by atoms with Gasteiger partial charge in [-0.2, -0.15) is 0 Å². The number of hydrogen-bond acceptors (Lipinski definition) is 1. The lowest BCUT2D eigenvalue weighted by molar-refractivity contribution is 0.281. The topological polar surface area (TPSA) is 20.2 Å². The van der Waals surface area contributed by atoms with Gasteiger partial charge in [0.15, 0.2) is 0 Å². The molecule has 1 aromatic rings. The van der Waals surface area contributed by atoms with E-state index in [2.05, 4.69) is 0 Å². The minimum absolute atomic E-state index is 0.0209. The van der Waals surface area contributed by atoms with Crippen molar-refractivity contribution < 1.29 is 9.50 Å². The average Bonchev–Trinajstić information content (AvgIpc) is 1.97. The third-order valence-corrected chi connectivity index (χ3v) is 1.79. The molecule has 0 amide bonds. The van der Waals surface area contributed by atoms with Crippen molar-refractivity contribution >= 4 is 0 Å². The molecule has 0 saturated heterocycles. The third-order valence-electron chi connectivity index (χ3n) is 1.79. The third kappa shape index (κ3) is 1.57. The first-order chi connectivity index (χ1) is 5.15. The Hall–Kier alpha value is -0.890. The molecule has 60 valence electrons. The Morgan fingerprint density at radius 2 is 1.91 bits per heavy atom. The fraction of sp³-hybridized carbons (Fsp3) is 0.333. The van der Waals surface area contributed by atoms with Crippen molar-refractivity contribution in [2.75, 3.05) is 0 Å². The SMILES string of the molecule is Cc1cc(CO)c(C)cc1F. The van der Waals surface area contributed by atoms with Crippen LogP contribution in [-0.2, 0) is 6.61 Å². The Bertz CT molecular complexity index is 269. The van der Waals surface area contributed by atoms with Crippen molar-refractivity contribution in [1.29, 1.82) is 0 Å². The average molecular weight is 154 g/mol. The van der Waals surface area contributed by atoms with Gasteiger partial charge in [0.2, 0.25) is 0 Å². The van der Waals surface area contributed by atoms with E-state index >= 15 is 0 Å². The lowest BCUT2D eigenvalue weighted by Gasteiger charge is -2.03. The molecule has 0 spiro atoms. The van der Waals surface area contributed by atoms with Gasteiger partial charge in [0.05, 0.1) is 6.61 Å². The quantitative estimate of drug-likeness (QED) is 0.655. The van der Waals surface area contributed by atoms with Gasteiger partial charge >= 0.3 is 0 Å². The molecule has 0 atom stereocenters. The van der Waals surface area contributed by atoms with Crippen molar-refractivity contribution in [1.82, 2.24) is 0 Å². The molecule has 1 nitrogen and oxygen atoms in total. The van der Waals surface area contributed by atoms with Gasteiger partial charge in [0.1, 0.15) is 5.82 Å². The number of aliphatic hydroxyl groups excluding tert-OH is 1. The second kappa shape index (κ2) is 3.01. The van der Waals surface area contributed by atoms with Crippen LogP contribution in [0.3, 0.4) is 0 Å². The summed E-state index contributed by atoms with van der Waals surface area (Å²) in [4.78, 5) is 0. The highest BCUT2D eigenvalue weighted by Crippen LogP contribution is 2.14. The van der Waals surface area contributed by atoms with Gasteiger partial charge in [0.25, 0.3) is 0 Å². The maximum absolute atomic E-state index is 12.8. The normalized spacial score (nSPS) is 10.2. The van der Waals surface area contributed by atoms with Crippen molar-refractivity contribution in [3.8, 4) is 0 Å². The van der Waals surface area contributed by atoms with Crippen LogP contribution in [0.4, 0.5) is 4.39 Å². The van der Waals surface area contributed by atoms with Crippen molar-refractivity contribution in [3.63, 3.8) is 0 Å². The van der Waals surface area contributed by atoms with Gasteiger partial charge in [-0.3, -0.25) is 0 Å². The Kier molecular flexibility index (Phi) is 2.25. The number of aryl methyl sites for hydroxylation is 2. The van der Waals surface area contributed by atoms with Gasteiger partial charge < -0.3 is 5.11 Å². The highest BCUT2D eigenvalue weighted by molar-refractivity contribution is 5.30. The molecular formula is C9H11FO. The fourth-order valence-electron chi connectivity index (χ4n) is 1.01. The predicted octanol–water partition coefficient (Wildman–Crippen LogP) is 1.93. The molecule has 0 aromatic heterocycles. The minimum atomic E-state index is -0.209. The van der Waals surface area contributed by atoms with Gasteiger partial charge in [-0.05, 0) is 36.6 Å². The van der Waals surface area contributed by atoms with E-state index in [0.29, 0.717) is 5.56 Å². The van der Waals surface area contributed by atoms with E-state index < -0.39 is 0 Å². The van der Waals surface area contributed by atoms with Crippen LogP contribution >= 0.6 is 0 Å². The zero-order valence-corrected chi connectivity index (χ0v) is 6.69. The second-order valence-electron chi connectivity index (χ2n) is 2.69. The maximum Gasteiger partial charge on any atom is 0.126 e. The van der Waals surface area contributed by atoms with Crippen molar-refractivity contribution in [2.24, 2.45) is 0 Å². The number of benzene rings is 1. The largest absolute Gasteiger partial charge is 0.392 e. The van der Waals surface area contributed by atoms with E-state index in [9.17, 15) is 4.39 Å². The molecule has 2 heteroatoms. The summed E-state index contributed by atoms with van der Waals surface area (Å²) < 4.78 is 12.8. The number of rotatable bonds is 1. The van der Waals surface area contributed by atoms with E-state index in [-0.39, 0.29) is 12.4 Å². The van der Waals surface area contributed by atoms with Crippen LogP contribution < -0.4 is 0 Å². The summed E-state index contributed by atoms with van der Waals surface area (Å²) in [7, 11) is 0. The van der Waals surface area contributed by atoms with Gasteiger partial charge in [-0.15, -0.1) is 0 Å². The van der Waals surface area contributed by atoms with Crippen molar-refractivity contribution in [2.45, 2.75) is 20.5 Å². The first kappa shape index (κ1) is 8.21. The highest BCUT2D eigenvalue weighted by Gasteiger charge is 2.01. The molecule has 11 heavy (non-hydrogen) atoms. The smallest absolute Gasteiger partial charge is 0.126 e. The standard InChI is InChI=1S/C9H11FO/c1-6-4-9(10)7(2)3-8(6)5-11/h3-4,11H,5H2,1-2H3. The molecule has 0 radical (unpaired) electrons. The number of halogens is 1. The summed E-state index contributed by atoms with van der Waals surface area (Å²) in [5.74, 6) is -0.209. The second-order valence-corrected chi connectivity index (χ2v) is 2.69. The number of aliphatic hydroxyl groups is 1. The monoisotopic (exact) mass is 154 g/mol. The summed E-state index contributed by atoms with van der Waals surface area (Å²) in [5.41, 5.74) is 2.18. The molecule has 0 bridgehead atoms. The molecule has 0 aliphatic rings. The van der Waals surface area contributed by atoms with E-state index in [1.165, 1.54) is 6.07 Å². The van der Waals surface area contributed by atoms with E-state index in [1.54, 1.807) is 19.9 Å². The molecule has 0 saturated carbocycles. The molecule has 1 N–H and O–H groups in total. The summed E-state index contributed by atoms with van der Waals surface area (Å²) in [6, 6.07) is 3.12. The fourth-order valence-corrected chi connectivity index (χ4v) is 1.01. The highest BCUT2D eigenvalue weighted by atomic mass is 19.1. The molecular weight excluding hydrogens is 143 g/mol. The summed E-state index contributed by atoms with van der Waals surface area (Å²) in [6.07, 6.45) is 0. The van der Waals surface area contributed by atoms with Crippen LogP contribution in [0.25, 0.3) is 0 Å². The molecule has 0 fully saturated rings. The van der Waals surface area contributed by atoms with Gasteiger partial charge in [0, 0.05) is 0 Å². The zero-order valence-electron chi connectivity index (χ0n) is 6.69. The minimum Gasteiger partial charge on any atom is -0.392 e. The van der Waals surface area contributed by atoms with Gasteiger partial charge in [-0.1, -0.05) is 6.07 Å². The van der Waals surface area contributed by atoms with Crippen LogP contribution in [0.1, 0.15) is 16.7 Å². The molecule has 0 unspecified atom stereocenters. The Balaban J connectivity index is 3.21. The van der Waals surface area contributed by atoms with Crippen molar-refractivity contribution in [3.05, 3.63) is 34.6 Å². The first-order valence-electron chi connectivity index (χ1n) is 3.51. The van der Waals surface area contributed by atoms with Crippen LogP contribution in [0.15, 0.2) is 12.1 Å². The predicted molar refractivity (Wildman–Crippen MR) is 41.8 cm³/mol. The lowest BCUT2D eigenvalue weighted by Crippen LogP contribution is -1.92. The number of hydrogen-bond donors (Lipinski definition) is 1. The Labute approximate surface area is 65.5 Å². The first-order valence-corrected chi connectivity index (χ1v) is 3.51. The summed E-state index contributed by atoms with van der Waals surface area (Å²) >= 11 is 0. The van der Waals surface area contributed by atoms with Crippen LogP contribution in [-0.4, -0.2) is 5.11 Å². The van der Waals surface area contributed by atoms with E-state index in [1.807, 2.05) is 0 Å². The van der Waals surface area contributed by atoms with Crippen LogP contribution in [0, 0.1) is 19.7 Å². The lowest BCUT2D eigenvalue weighted by atomic mass is 10.1. The van der Waals surface area contributed by atoms with Gasteiger partial charge in [-0.25, -0.2) is 4.39 Å². The molecule has 1 rings (SSSR count). The van der Waals surface area contributed by atoms with E-state index in [4.69, 9.17) is 5.11 Å². The summed E-state index contributed by atoms with van der Waals surface area (Å²) in [5, 5.41) is 8.81. The zero-order chi connectivity index (χ0) is 8.43. The molecule has 1 aromatic carbocycles. The van der Waals surface area contributed by atoms with Crippen LogP contribution in [0.2, 0.25) is 0 Å². The molecule has 0 aliphatic carbocycles. The summed E-state index contributed by atoms with van der Waals surface area (Å²) in [6.45, 7) is 3.45. The Morgan fingerprint density at radius 1 is 1.27 bits per heavy atom. The van der Waals surface area contributed by atoms with E-state index in [0.717, 1.165) is 11.1 Å². The maximum atomic E-state index is 12.8. The van der Waals surface area contributed by atoms with Crippen LogP contribution in [0.5, 0.6) is 0 Å². The Morgan fingerprint density at radius 3 is 2.45 bits per heavy atom. The molecule has 0 heterocycles. The molecule has 0 aliphatic heterocycles.